The summed E-state index contributed by atoms with van der Waals surface area (Å²) in [5.74, 6) is -0.350. The highest BCUT2D eigenvalue weighted by molar-refractivity contribution is 6.60. The number of hydrogen-bond donors (Lipinski definition) is 0. The van der Waals surface area contributed by atoms with E-state index >= 15 is 0 Å². The minimum atomic E-state index is -2.56. The van der Waals surface area contributed by atoms with E-state index in [-0.39, 0.29) is 11.8 Å². The number of unbranched alkanes of at least 4 members (excludes halogenated alkanes) is 3. The summed E-state index contributed by atoms with van der Waals surface area (Å²) in [6.45, 7) is 8.12. The maximum atomic E-state index is 12.3. The van der Waals surface area contributed by atoms with Gasteiger partial charge in [0.1, 0.15) is 0 Å². The predicted molar refractivity (Wildman–Crippen MR) is 106 cm³/mol. The zero-order valence-electron chi connectivity index (χ0n) is 16.7. The SMILES string of the molecule is CCO[Si](CCCCCCN1C(=O)c2ccccc2C1=O)(OCC)OCC. The lowest BCUT2D eigenvalue weighted by atomic mass is 10.1. The fourth-order valence-electron chi connectivity index (χ4n) is 3.41. The van der Waals surface area contributed by atoms with E-state index in [1.165, 1.54) is 4.90 Å². The Kier molecular flexibility index (Phi) is 8.62. The van der Waals surface area contributed by atoms with E-state index in [0.29, 0.717) is 37.5 Å². The van der Waals surface area contributed by atoms with Crippen LogP contribution in [0.5, 0.6) is 0 Å². The third-order valence-corrected chi connectivity index (χ3v) is 7.74. The van der Waals surface area contributed by atoms with Gasteiger partial charge in [0.15, 0.2) is 0 Å². The number of nitrogens with zero attached hydrogens (tertiary/aromatic N) is 1. The molecule has 1 aromatic carbocycles. The molecule has 1 aliphatic rings. The first kappa shape index (κ1) is 21.8. The third-order valence-electron chi connectivity index (χ3n) is 4.59. The Hall–Kier alpha value is -1.54. The van der Waals surface area contributed by atoms with Crippen LogP contribution in [-0.4, -0.2) is 51.9 Å². The van der Waals surface area contributed by atoms with Gasteiger partial charge in [-0.3, -0.25) is 14.5 Å². The molecule has 2 rings (SSSR count). The van der Waals surface area contributed by atoms with Crippen molar-refractivity contribution in [3.8, 4) is 0 Å². The van der Waals surface area contributed by atoms with Gasteiger partial charge in [-0.1, -0.05) is 25.0 Å². The van der Waals surface area contributed by atoms with Gasteiger partial charge in [0.05, 0.1) is 11.1 Å². The molecule has 0 aromatic heterocycles. The van der Waals surface area contributed by atoms with Crippen LogP contribution in [0.15, 0.2) is 24.3 Å². The minimum Gasteiger partial charge on any atom is -0.374 e. The lowest BCUT2D eigenvalue weighted by molar-refractivity contribution is 0.0651. The lowest BCUT2D eigenvalue weighted by Gasteiger charge is -2.28. The zero-order valence-corrected chi connectivity index (χ0v) is 17.7. The van der Waals surface area contributed by atoms with Crippen LogP contribution in [0.3, 0.4) is 0 Å². The molecule has 0 spiro atoms. The number of rotatable bonds is 13. The second-order valence-electron chi connectivity index (χ2n) is 6.45. The average molecular weight is 394 g/mol. The van der Waals surface area contributed by atoms with Crippen molar-refractivity contribution in [3.05, 3.63) is 35.4 Å². The normalized spacial score (nSPS) is 14.1. The van der Waals surface area contributed by atoms with Crippen LogP contribution in [0.4, 0.5) is 0 Å². The van der Waals surface area contributed by atoms with Crippen molar-refractivity contribution < 1.29 is 22.9 Å². The second kappa shape index (κ2) is 10.7. The molecule has 6 nitrogen and oxygen atoms in total. The van der Waals surface area contributed by atoms with Crippen LogP contribution in [0.25, 0.3) is 0 Å². The van der Waals surface area contributed by atoms with Gasteiger partial charge in [-0.25, -0.2) is 0 Å². The Balaban J connectivity index is 1.74. The topological polar surface area (TPSA) is 65.1 Å². The van der Waals surface area contributed by atoms with Gasteiger partial charge in [-0.05, 0) is 45.7 Å². The van der Waals surface area contributed by atoms with Crippen LogP contribution in [-0.2, 0) is 13.3 Å². The minimum absolute atomic E-state index is 0.175. The highest BCUT2D eigenvalue weighted by atomic mass is 28.4. The van der Waals surface area contributed by atoms with Gasteiger partial charge < -0.3 is 13.3 Å². The van der Waals surface area contributed by atoms with Crippen LogP contribution in [0.2, 0.25) is 6.04 Å². The molecule has 1 aliphatic heterocycles. The molecule has 0 unspecified atom stereocenters. The van der Waals surface area contributed by atoms with Gasteiger partial charge in [0.25, 0.3) is 11.8 Å². The molecule has 1 heterocycles. The number of carbonyl (C=O) groups excluding carboxylic acids is 2. The highest BCUT2D eigenvalue weighted by Gasteiger charge is 2.39. The fourth-order valence-corrected chi connectivity index (χ4v) is 6.09. The first-order chi connectivity index (χ1) is 13.1. The van der Waals surface area contributed by atoms with Gasteiger partial charge in [0.2, 0.25) is 0 Å². The summed E-state index contributed by atoms with van der Waals surface area (Å²) in [7, 11) is -2.56. The molecule has 27 heavy (non-hydrogen) atoms. The Bertz CT molecular complexity index is 585. The molecule has 150 valence electrons. The van der Waals surface area contributed by atoms with E-state index in [2.05, 4.69) is 0 Å². The largest absolute Gasteiger partial charge is 0.500 e. The monoisotopic (exact) mass is 393 g/mol. The van der Waals surface area contributed by atoms with Gasteiger partial charge >= 0.3 is 8.80 Å². The second-order valence-corrected chi connectivity index (χ2v) is 9.19. The molecular formula is C20H31NO5Si. The Labute approximate surface area is 163 Å². The van der Waals surface area contributed by atoms with E-state index in [9.17, 15) is 9.59 Å². The Morgan fingerprint density at radius 1 is 0.778 bits per heavy atom. The van der Waals surface area contributed by atoms with Crippen LogP contribution < -0.4 is 0 Å². The molecule has 7 heteroatoms. The Morgan fingerprint density at radius 3 is 1.74 bits per heavy atom. The number of amides is 2. The maximum Gasteiger partial charge on any atom is 0.500 e. The van der Waals surface area contributed by atoms with Crippen LogP contribution in [0, 0.1) is 0 Å². The molecule has 0 aliphatic carbocycles. The number of carbonyl (C=O) groups is 2. The van der Waals surface area contributed by atoms with Crippen LogP contribution in [0.1, 0.15) is 67.2 Å². The summed E-state index contributed by atoms with van der Waals surface area (Å²) in [6.07, 6.45) is 3.69. The van der Waals surface area contributed by atoms with E-state index in [1.807, 2.05) is 20.8 Å². The molecule has 0 N–H and O–H groups in total. The molecule has 0 saturated heterocycles. The molecule has 0 radical (unpaired) electrons. The smallest absolute Gasteiger partial charge is 0.374 e. The summed E-state index contributed by atoms with van der Waals surface area (Å²) >= 11 is 0. The molecule has 0 saturated carbocycles. The third kappa shape index (κ3) is 5.48. The molecule has 0 fully saturated rings. The van der Waals surface area contributed by atoms with Gasteiger partial charge in [-0.15, -0.1) is 0 Å². The van der Waals surface area contributed by atoms with Crippen molar-refractivity contribution in [1.29, 1.82) is 0 Å². The van der Waals surface area contributed by atoms with Crippen LogP contribution >= 0.6 is 0 Å². The highest BCUT2D eigenvalue weighted by Crippen LogP contribution is 2.24. The van der Waals surface area contributed by atoms with Crippen molar-refractivity contribution in [3.63, 3.8) is 0 Å². The average Bonchev–Trinajstić information content (AvgIpc) is 2.90. The first-order valence-electron chi connectivity index (χ1n) is 9.95. The fraction of sp³-hybridized carbons (Fsp3) is 0.600. The molecule has 2 amide bonds. The van der Waals surface area contributed by atoms with Crippen molar-refractivity contribution in [2.24, 2.45) is 0 Å². The number of fused-ring (bicyclic) bond motifs is 1. The molecule has 1 aromatic rings. The Morgan fingerprint density at radius 2 is 1.26 bits per heavy atom. The zero-order chi connectivity index (χ0) is 19.7. The molecular weight excluding hydrogens is 362 g/mol. The number of hydrogen-bond acceptors (Lipinski definition) is 5. The van der Waals surface area contributed by atoms with E-state index < -0.39 is 8.80 Å². The predicted octanol–water partition coefficient (Wildman–Crippen LogP) is 3.89. The van der Waals surface area contributed by atoms with Crippen molar-refractivity contribution in [2.75, 3.05) is 26.4 Å². The van der Waals surface area contributed by atoms with E-state index in [1.54, 1.807) is 24.3 Å². The maximum absolute atomic E-state index is 12.3. The van der Waals surface area contributed by atoms with Gasteiger partial charge in [-0.2, -0.15) is 0 Å². The summed E-state index contributed by atoms with van der Waals surface area (Å²) in [4.78, 5) is 26.0. The summed E-state index contributed by atoms with van der Waals surface area (Å²) in [6, 6.07) is 7.82. The van der Waals surface area contributed by atoms with Crippen molar-refractivity contribution in [2.45, 2.75) is 52.5 Å². The quantitative estimate of drug-likeness (QED) is 0.289. The lowest BCUT2D eigenvalue weighted by Crippen LogP contribution is -2.45. The number of benzene rings is 1. The first-order valence-corrected chi connectivity index (χ1v) is 11.9. The van der Waals surface area contributed by atoms with E-state index in [4.69, 9.17) is 13.3 Å². The van der Waals surface area contributed by atoms with E-state index in [0.717, 1.165) is 31.7 Å². The van der Waals surface area contributed by atoms with Crippen molar-refractivity contribution >= 4 is 20.6 Å². The standard InChI is InChI=1S/C20H31NO5Si/c1-4-24-27(25-5-2,26-6-3)16-12-8-7-11-15-21-19(22)17-13-9-10-14-18(17)20(21)23/h9-10,13-14H,4-8,11-12,15-16H2,1-3H3. The molecule has 0 atom stereocenters. The summed E-state index contributed by atoms with van der Waals surface area (Å²) < 4.78 is 17.6. The van der Waals surface area contributed by atoms with Gasteiger partial charge in [0, 0.05) is 32.4 Å². The molecule has 0 bridgehead atoms. The summed E-state index contributed by atoms with van der Waals surface area (Å²) in [5, 5.41) is 0. The summed E-state index contributed by atoms with van der Waals surface area (Å²) in [5.41, 5.74) is 1.03. The number of imide groups is 1. The van der Waals surface area contributed by atoms with Crippen molar-refractivity contribution in [1.82, 2.24) is 4.90 Å².